The minimum absolute atomic E-state index is 0.00974. The molecule has 2 aromatic carbocycles. The van der Waals surface area contributed by atoms with Crippen LogP contribution in [0.25, 0.3) is 6.08 Å². The van der Waals surface area contributed by atoms with Crippen molar-refractivity contribution in [2.24, 2.45) is 0 Å². The van der Waals surface area contributed by atoms with Gasteiger partial charge in [-0.1, -0.05) is 13.0 Å². The van der Waals surface area contributed by atoms with Crippen LogP contribution in [0.5, 0.6) is 0 Å². The molecule has 0 aromatic heterocycles. The fourth-order valence-corrected chi connectivity index (χ4v) is 3.46. The fraction of sp³-hybridized carbons (Fsp3) is 0.227. The number of carbonyl (C=O) groups is 3. The van der Waals surface area contributed by atoms with E-state index in [1.54, 1.807) is 19.2 Å². The van der Waals surface area contributed by atoms with Crippen molar-refractivity contribution in [2.45, 2.75) is 26.2 Å². The first-order valence-corrected chi connectivity index (χ1v) is 8.97. The van der Waals surface area contributed by atoms with E-state index in [4.69, 9.17) is 5.11 Å². The number of benzene rings is 2. The van der Waals surface area contributed by atoms with Gasteiger partial charge in [-0.25, -0.2) is 9.18 Å². The number of carboxylic acid groups (broad SMARTS) is 1. The molecular formula is C22H20FNO4. The summed E-state index contributed by atoms with van der Waals surface area (Å²) in [5.74, 6) is -2.14. The standard InChI is InChI=1S/C22H20FNO4/c1-3-12-6-14(22(27)28)5-4-13(12)9-20(25)18-8-15-7-16(23)10-19(24-2)17(15)11-21(18)26/h4-8,10,24H,3,9,11H2,1-2H3,(H,27,28). The van der Waals surface area contributed by atoms with Gasteiger partial charge in [0.1, 0.15) is 5.82 Å². The zero-order chi connectivity index (χ0) is 20.4. The first-order chi connectivity index (χ1) is 13.3. The third kappa shape index (κ3) is 3.71. The Morgan fingerprint density at radius 2 is 1.93 bits per heavy atom. The first-order valence-electron chi connectivity index (χ1n) is 8.97. The van der Waals surface area contributed by atoms with Crippen molar-refractivity contribution in [1.29, 1.82) is 0 Å². The van der Waals surface area contributed by atoms with Gasteiger partial charge in [-0.05, 0) is 59.0 Å². The first kappa shape index (κ1) is 19.5. The maximum Gasteiger partial charge on any atom is 0.335 e. The van der Waals surface area contributed by atoms with Gasteiger partial charge in [-0.3, -0.25) is 9.59 Å². The van der Waals surface area contributed by atoms with E-state index in [2.05, 4.69) is 5.32 Å². The minimum Gasteiger partial charge on any atom is -0.478 e. The molecule has 0 amide bonds. The number of Topliss-reactive ketones (excluding diaryl/α,β-unsaturated/α-hetero) is 2. The molecule has 0 aliphatic heterocycles. The summed E-state index contributed by atoms with van der Waals surface area (Å²) in [5.41, 5.74) is 3.36. The van der Waals surface area contributed by atoms with Crippen molar-refractivity contribution in [3.05, 3.63) is 69.5 Å². The Kier molecular flexibility index (Phi) is 5.40. The minimum atomic E-state index is -1.03. The third-order valence-electron chi connectivity index (χ3n) is 4.94. The molecule has 2 aromatic rings. The van der Waals surface area contributed by atoms with Gasteiger partial charge in [0.25, 0.3) is 0 Å². The smallest absolute Gasteiger partial charge is 0.335 e. The van der Waals surface area contributed by atoms with E-state index in [1.165, 1.54) is 24.3 Å². The number of halogens is 1. The predicted octanol–water partition coefficient (Wildman–Crippen LogP) is 3.45. The molecule has 0 radical (unpaired) electrons. The third-order valence-corrected chi connectivity index (χ3v) is 4.94. The Balaban J connectivity index is 1.94. The number of hydrogen-bond donors (Lipinski definition) is 2. The van der Waals surface area contributed by atoms with Crippen LogP contribution in [0.15, 0.2) is 35.9 Å². The van der Waals surface area contributed by atoms with E-state index in [0.717, 1.165) is 5.56 Å². The van der Waals surface area contributed by atoms with E-state index >= 15 is 0 Å². The lowest BCUT2D eigenvalue weighted by Gasteiger charge is -2.19. The molecule has 2 N–H and O–H groups in total. The summed E-state index contributed by atoms with van der Waals surface area (Å²) in [6, 6.07) is 7.25. The van der Waals surface area contributed by atoms with Crippen LogP contribution in [0, 0.1) is 5.82 Å². The van der Waals surface area contributed by atoms with E-state index in [1.807, 2.05) is 6.92 Å². The molecule has 5 nitrogen and oxygen atoms in total. The summed E-state index contributed by atoms with van der Waals surface area (Å²) in [5, 5.41) is 12.0. The molecule has 1 aliphatic carbocycles. The number of aromatic carboxylic acids is 1. The highest BCUT2D eigenvalue weighted by atomic mass is 19.1. The zero-order valence-corrected chi connectivity index (χ0v) is 15.6. The van der Waals surface area contributed by atoms with Crippen LogP contribution in [-0.2, 0) is 28.9 Å². The van der Waals surface area contributed by atoms with Crippen LogP contribution >= 0.6 is 0 Å². The van der Waals surface area contributed by atoms with Gasteiger partial charge in [-0.15, -0.1) is 0 Å². The number of ketones is 2. The van der Waals surface area contributed by atoms with Gasteiger partial charge >= 0.3 is 5.97 Å². The Morgan fingerprint density at radius 1 is 1.18 bits per heavy atom. The molecule has 28 heavy (non-hydrogen) atoms. The molecule has 0 heterocycles. The molecule has 1 aliphatic rings. The maximum absolute atomic E-state index is 13.8. The Bertz CT molecular complexity index is 1020. The van der Waals surface area contributed by atoms with Crippen molar-refractivity contribution in [1.82, 2.24) is 0 Å². The number of rotatable bonds is 6. The predicted molar refractivity (Wildman–Crippen MR) is 104 cm³/mol. The number of carbonyl (C=O) groups excluding carboxylic acids is 2. The molecule has 3 rings (SSSR count). The number of carboxylic acids is 1. The van der Waals surface area contributed by atoms with Gasteiger partial charge < -0.3 is 10.4 Å². The highest BCUT2D eigenvalue weighted by molar-refractivity contribution is 6.25. The average Bonchev–Trinajstić information content (AvgIpc) is 2.67. The Morgan fingerprint density at radius 3 is 2.57 bits per heavy atom. The van der Waals surface area contributed by atoms with E-state index in [-0.39, 0.29) is 35.5 Å². The number of anilines is 1. The van der Waals surface area contributed by atoms with Crippen molar-refractivity contribution in [2.75, 3.05) is 12.4 Å². The summed E-state index contributed by atoms with van der Waals surface area (Å²) in [4.78, 5) is 36.5. The van der Waals surface area contributed by atoms with Crippen molar-refractivity contribution >= 4 is 29.3 Å². The van der Waals surface area contributed by atoms with E-state index in [9.17, 15) is 18.8 Å². The van der Waals surface area contributed by atoms with Crippen LogP contribution in [-0.4, -0.2) is 29.7 Å². The average molecular weight is 381 g/mol. The fourth-order valence-electron chi connectivity index (χ4n) is 3.46. The molecule has 6 heteroatoms. The van der Waals surface area contributed by atoms with Crippen molar-refractivity contribution in [3.63, 3.8) is 0 Å². The van der Waals surface area contributed by atoms with Crippen LogP contribution in [0.4, 0.5) is 10.1 Å². The molecule has 144 valence electrons. The monoisotopic (exact) mass is 381 g/mol. The largest absolute Gasteiger partial charge is 0.478 e. The maximum atomic E-state index is 13.8. The molecule has 0 unspecified atom stereocenters. The van der Waals surface area contributed by atoms with Gasteiger partial charge in [-0.2, -0.15) is 0 Å². The number of hydrogen-bond acceptors (Lipinski definition) is 4. The molecule has 0 fully saturated rings. The number of nitrogens with one attached hydrogen (secondary N) is 1. The highest BCUT2D eigenvalue weighted by Crippen LogP contribution is 2.30. The Labute approximate surface area is 161 Å². The van der Waals surface area contributed by atoms with Gasteiger partial charge in [0, 0.05) is 25.6 Å². The second-order valence-corrected chi connectivity index (χ2v) is 6.67. The van der Waals surface area contributed by atoms with Gasteiger partial charge in [0.15, 0.2) is 11.6 Å². The quantitative estimate of drug-likeness (QED) is 0.749. The van der Waals surface area contributed by atoms with E-state index < -0.39 is 11.8 Å². The summed E-state index contributed by atoms with van der Waals surface area (Å²) in [6.45, 7) is 1.87. The molecular weight excluding hydrogens is 361 g/mol. The van der Waals surface area contributed by atoms with Crippen LogP contribution < -0.4 is 5.32 Å². The zero-order valence-electron chi connectivity index (χ0n) is 15.6. The molecule has 0 spiro atoms. The second-order valence-electron chi connectivity index (χ2n) is 6.67. The topological polar surface area (TPSA) is 83.5 Å². The lowest BCUT2D eigenvalue weighted by Crippen LogP contribution is -2.21. The van der Waals surface area contributed by atoms with Gasteiger partial charge in [0.2, 0.25) is 0 Å². The van der Waals surface area contributed by atoms with Crippen molar-refractivity contribution < 1.29 is 23.9 Å². The summed E-state index contributed by atoms with van der Waals surface area (Å²) >= 11 is 0. The summed E-state index contributed by atoms with van der Waals surface area (Å²) < 4.78 is 13.8. The highest BCUT2D eigenvalue weighted by Gasteiger charge is 2.26. The van der Waals surface area contributed by atoms with E-state index in [0.29, 0.717) is 28.8 Å². The molecule has 0 saturated heterocycles. The van der Waals surface area contributed by atoms with Crippen LogP contribution in [0.2, 0.25) is 0 Å². The van der Waals surface area contributed by atoms with Crippen LogP contribution in [0.1, 0.15) is 39.5 Å². The number of allylic oxidation sites excluding steroid dienone is 1. The molecule has 0 saturated carbocycles. The molecule has 0 bridgehead atoms. The summed E-state index contributed by atoms with van der Waals surface area (Å²) in [6.07, 6.45) is 2.03. The lowest BCUT2D eigenvalue weighted by atomic mass is 9.86. The van der Waals surface area contributed by atoms with Crippen molar-refractivity contribution in [3.8, 4) is 0 Å². The second kappa shape index (κ2) is 7.76. The number of fused-ring (bicyclic) bond motifs is 1. The SMILES string of the molecule is CCc1cc(C(=O)O)ccc1CC(=O)C1=Cc2cc(F)cc(NC)c2CC1=O. The van der Waals surface area contributed by atoms with Crippen LogP contribution in [0.3, 0.4) is 0 Å². The lowest BCUT2D eigenvalue weighted by molar-refractivity contribution is -0.120. The van der Waals surface area contributed by atoms with Gasteiger partial charge in [0.05, 0.1) is 11.1 Å². The number of aryl methyl sites for hydroxylation is 1. The summed E-state index contributed by atoms with van der Waals surface area (Å²) in [7, 11) is 1.65. The molecule has 0 atom stereocenters. The normalized spacial score (nSPS) is 13.0. The Hall–Kier alpha value is -3.28.